The molecule has 2 nitrogen and oxygen atoms in total. The molecule has 0 unspecified atom stereocenters. The molecule has 2 aromatic rings. The molecule has 4 heteroatoms. The molecule has 0 saturated carbocycles. The lowest BCUT2D eigenvalue weighted by Gasteiger charge is -2.11. The summed E-state index contributed by atoms with van der Waals surface area (Å²) in [5.41, 5.74) is 3.78. The van der Waals surface area contributed by atoms with E-state index in [0.717, 1.165) is 25.9 Å². The minimum atomic E-state index is 0.639. The van der Waals surface area contributed by atoms with Gasteiger partial charge in [0, 0.05) is 14.6 Å². The Bertz CT molecular complexity index is 630. The zero-order valence-electron chi connectivity index (χ0n) is 9.67. The van der Waals surface area contributed by atoms with Crippen LogP contribution in [0.3, 0.4) is 0 Å². The average Bonchev–Trinajstić information content (AvgIpc) is 2.34. The largest absolute Gasteiger partial charge is 0.354 e. The van der Waals surface area contributed by atoms with Crippen LogP contribution in [0.4, 0.5) is 11.4 Å². The van der Waals surface area contributed by atoms with Gasteiger partial charge in [0.05, 0.1) is 17.3 Å². The summed E-state index contributed by atoms with van der Waals surface area (Å²) in [6.45, 7) is 2.05. The fourth-order valence-corrected chi connectivity index (χ4v) is 2.55. The van der Waals surface area contributed by atoms with E-state index >= 15 is 0 Å². The van der Waals surface area contributed by atoms with Crippen molar-refractivity contribution in [2.24, 2.45) is 0 Å². The Morgan fingerprint density at radius 3 is 2.39 bits per heavy atom. The van der Waals surface area contributed by atoms with Gasteiger partial charge in [0.2, 0.25) is 0 Å². The molecule has 0 radical (unpaired) electrons. The number of anilines is 2. The molecule has 2 rings (SSSR count). The van der Waals surface area contributed by atoms with Gasteiger partial charge in [0.25, 0.3) is 0 Å². The van der Waals surface area contributed by atoms with E-state index in [1.807, 2.05) is 25.1 Å². The van der Waals surface area contributed by atoms with Gasteiger partial charge in [0.1, 0.15) is 0 Å². The van der Waals surface area contributed by atoms with Crippen LogP contribution in [0.1, 0.15) is 11.1 Å². The highest BCUT2D eigenvalue weighted by Gasteiger charge is 2.04. The second-order valence-electron chi connectivity index (χ2n) is 3.89. The lowest BCUT2D eigenvalue weighted by atomic mass is 10.2. The summed E-state index contributed by atoms with van der Waals surface area (Å²) in [6, 6.07) is 13.7. The van der Waals surface area contributed by atoms with Crippen LogP contribution in [0.5, 0.6) is 0 Å². The monoisotopic (exact) mass is 364 g/mol. The van der Waals surface area contributed by atoms with E-state index in [0.29, 0.717) is 5.56 Å². The molecular weight excluding hydrogens is 356 g/mol. The van der Waals surface area contributed by atoms with Crippen molar-refractivity contribution >= 4 is 43.2 Å². The van der Waals surface area contributed by atoms with Gasteiger partial charge in [-0.15, -0.1) is 0 Å². The van der Waals surface area contributed by atoms with E-state index in [1.54, 1.807) is 12.1 Å². The Balaban J connectivity index is 2.32. The third kappa shape index (κ3) is 2.92. The third-order valence-corrected chi connectivity index (χ3v) is 3.71. The average molecular weight is 366 g/mol. The van der Waals surface area contributed by atoms with Gasteiger partial charge >= 0.3 is 0 Å². The highest BCUT2D eigenvalue weighted by atomic mass is 79.9. The first kappa shape index (κ1) is 13.1. The van der Waals surface area contributed by atoms with Crippen LogP contribution < -0.4 is 5.32 Å². The van der Waals surface area contributed by atoms with Crippen LogP contribution in [0, 0.1) is 18.3 Å². The number of nitrogens with zero attached hydrogens (tertiary/aromatic N) is 1. The predicted octanol–water partition coefficient (Wildman–Crippen LogP) is 5.14. The summed E-state index contributed by atoms with van der Waals surface area (Å²) in [5.74, 6) is 0. The Labute approximate surface area is 123 Å². The van der Waals surface area contributed by atoms with Gasteiger partial charge in [-0.2, -0.15) is 5.26 Å². The fraction of sp³-hybridized carbons (Fsp3) is 0.0714. The maximum atomic E-state index is 8.82. The highest BCUT2D eigenvalue weighted by Crippen LogP contribution is 2.29. The molecule has 0 aliphatic carbocycles. The van der Waals surface area contributed by atoms with Crippen molar-refractivity contribution in [1.82, 2.24) is 0 Å². The highest BCUT2D eigenvalue weighted by molar-refractivity contribution is 9.10. The smallest absolute Gasteiger partial charge is 0.0992 e. The molecule has 90 valence electrons. The minimum absolute atomic E-state index is 0.639. The van der Waals surface area contributed by atoms with Crippen LogP contribution >= 0.6 is 31.9 Å². The topological polar surface area (TPSA) is 35.8 Å². The second kappa shape index (κ2) is 5.55. The number of hydrogen-bond donors (Lipinski definition) is 1. The standard InChI is InChI=1S/C14H10Br2N2/c1-9-6-11(15)3-5-13(9)18-14-4-2-10(8-17)7-12(14)16/h2-7,18H,1H3. The fourth-order valence-electron chi connectivity index (χ4n) is 1.60. The molecule has 0 aromatic heterocycles. The Morgan fingerprint density at radius 2 is 1.78 bits per heavy atom. The number of rotatable bonds is 2. The zero-order valence-corrected chi connectivity index (χ0v) is 12.8. The van der Waals surface area contributed by atoms with Gasteiger partial charge in [-0.1, -0.05) is 15.9 Å². The van der Waals surface area contributed by atoms with Gasteiger partial charge < -0.3 is 5.32 Å². The van der Waals surface area contributed by atoms with Crippen LogP contribution in [0.25, 0.3) is 0 Å². The maximum absolute atomic E-state index is 8.82. The third-order valence-electron chi connectivity index (χ3n) is 2.56. The number of hydrogen-bond acceptors (Lipinski definition) is 2. The minimum Gasteiger partial charge on any atom is -0.354 e. The molecule has 0 saturated heterocycles. The predicted molar refractivity (Wildman–Crippen MR) is 81.0 cm³/mol. The normalized spacial score (nSPS) is 9.89. The first-order valence-electron chi connectivity index (χ1n) is 5.33. The lowest BCUT2D eigenvalue weighted by molar-refractivity contribution is 1.40. The van der Waals surface area contributed by atoms with Crippen molar-refractivity contribution < 1.29 is 0 Å². The van der Waals surface area contributed by atoms with Crippen molar-refractivity contribution in [3.63, 3.8) is 0 Å². The van der Waals surface area contributed by atoms with Gasteiger partial charge in [-0.25, -0.2) is 0 Å². The number of nitriles is 1. The number of aryl methyl sites for hydroxylation is 1. The van der Waals surface area contributed by atoms with Crippen LogP contribution in [0.2, 0.25) is 0 Å². The molecule has 0 aliphatic heterocycles. The molecule has 0 fully saturated rings. The molecule has 0 bridgehead atoms. The molecular formula is C14H10Br2N2. The van der Waals surface area contributed by atoms with Crippen molar-refractivity contribution in [2.45, 2.75) is 6.92 Å². The van der Waals surface area contributed by atoms with Crippen molar-refractivity contribution in [2.75, 3.05) is 5.32 Å². The second-order valence-corrected chi connectivity index (χ2v) is 5.66. The number of benzene rings is 2. The number of nitrogens with one attached hydrogen (secondary N) is 1. The summed E-state index contributed by atoms with van der Waals surface area (Å²) in [6.07, 6.45) is 0. The summed E-state index contributed by atoms with van der Waals surface area (Å²) in [5, 5.41) is 12.2. The molecule has 0 atom stereocenters. The van der Waals surface area contributed by atoms with E-state index in [9.17, 15) is 0 Å². The van der Waals surface area contributed by atoms with Crippen LogP contribution in [-0.2, 0) is 0 Å². The number of halogens is 2. The lowest BCUT2D eigenvalue weighted by Crippen LogP contribution is -1.94. The SMILES string of the molecule is Cc1cc(Br)ccc1Nc1ccc(C#N)cc1Br. The summed E-state index contributed by atoms with van der Waals surface area (Å²) < 4.78 is 1.94. The summed E-state index contributed by atoms with van der Waals surface area (Å²) in [7, 11) is 0. The Hall–Kier alpha value is -1.31. The van der Waals surface area contributed by atoms with Crippen molar-refractivity contribution in [3.05, 3.63) is 56.5 Å². The first-order valence-corrected chi connectivity index (χ1v) is 6.91. The Kier molecular flexibility index (Phi) is 4.05. The zero-order chi connectivity index (χ0) is 13.1. The van der Waals surface area contributed by atoms with Gasteiger partial charge in [-0.3, -0.25) is 0 Å². The van der Waals surface area contributed by atoms with Crippen molar-refractivity contribution in [1.29, 1.82) is 5.26 Å². The van der Waals surface area contributed by atoms with Gasteiger partial charge in [0.15, 0.2) is 0 Å². The Morgan fingerprint density at radius 1 is 1.06 bits per heavy atom. The van der Waals surface area contributed by atoms with Crippen LogP contribution in [0.15, 0.2) is 45.3 Å². The van der Waals surface area contributed by atoms with Crippen LogP contribution in [-0.4, -0.2) is 0 Å². The molecule has 0 amide bonds. The maximum Gasteiger partial charge on any atom is 0.0992 e. The molecule has 18 heavy (non-hydrogen) atoms. The molecule has 0 spiro atoms. The molecule has 2 aromatic carbocycles. The summed E-state index contributed by atoms with van der Waals surface area (Å²) in [4.78, 5) is 0. The molecule has 0 aliphatic rings. The van der Waals surface area contributed by atoms with E-state index in [-0.39, 0.29) is 0 Å². The van der Waals surface area contributed by atoms with E-state index in [1.165, 1.54) is 0 Å². The quantitative estimate of drug-likeness (QED) is 0.800. The first-order chi connectivity index (χ1) is 8.60. The van der Waals surface area contributed by atoms with E-state index in [2.05, 4.69) is 49.3 Å². The summed E-state index contributed by atoms with van der Waals surface area (Å²) >= 11 is 6.90. The van der Waals surface area contributed by atoms with E-state index in [4.69, 9.17) is 5.26 Å². The van der Waals surface area contributed by atoms with E-state index < -0.39 is 0 Å². The molecule has 1 N–H and O–H groups in total. The van der Waals surface area contributed by atoms with Gasteiger partial charge in [-0.05, 0) is 64.8 Å². The molecule has 0 heterocycles. The van der Waals surface area contributed by atoms with Crippen molar-refractivity contribution in [3.8, 4) is 6.07 Å².